The molecule has 7 heteroatoms. The standard InChI is InChI=1S/C16H20F3NO3/c1-15(2,22)9-20(3)14(21)13-8-12(13)10-4-6-11(7-5-10)23-16(17,18)19/h4-7,12-13,22H,8-9H2,1-3H3. The summed E-state index contributed by atoms with van der Waals surface area (Å²) in [4.78, 5) is 13.8. The van der Waals surface area contributed by atoms with Gasteiger partial charge in [0, 0.05) is 19.5 Å². The molecule has 0 bridgehead atoms. The predicted octanol–water partition coefficient (Wildman–Crippen LogP) is 2.92. The van der Waals surface area contributed by atoms with Crippen LogP contribution in [0, 0.1) is 5.92 Å². The number of carbonyl (C=O) groups excluding carboxylic acids is 1. The molecule has 0 heterocycles. The first kappa shape index (κ1) is 17.6. The Morgan fingerprint density at radius 1 is 1.30 bits per heavy atom. The summed E-state index contributed by atoms with van der Waals surface area (Å²) in [6.07, 6.45) is -4.05. The number of carbonyl (C=O) groups is 1. The maximum absolute atomic E-state index is 12.3. The molecule has 1 N–H and O–H groups in total. The fourth-order valence-electron chi connectivity index (χ4n) is 2.69. The maximum Gasteiger partial charge on any atom is 0.573 e. The summed E-state index contributed by atoms with van der Waals surface area (Å²) in [6.45, 7) is 3.48. The number of rotatable bonds is 5. The number of benzene rings is 1. The van der Waals surface area contributed by atoms with Crippen LogP contribution in [-0.2, 0) is 4.79 Å². The van der Waals surface area contributed by atoms with Crippen LogP contribution in [0.3, 0.4) is 0 Å². The van der Waals surface area contributed by atoms with Crippen LogP contribution in [0.1, 0.15) is 31.7 Å². The number of ether oxygens (including phenoxy) is 1. The fourth-order valence-corrected chi connectivity index (χ4v) is 2.69. The summed E-state index contributed by atoms with van der Waals surface area (Å²) in [6, 6.07) is 5.61. The number of aliphatic hydroxyl groups is 1. The molecule has 1 aromatic rings. The van der Waals surface area contributed by atoms with Gasteiger partial charge in [-0.25, -0.2) is 0 Å². The zero-order valence-corrected chi connectivity index (χ0v) is 13.2. The Morgan fingerprint density at radius 2 is 1.87 bits per heavy atom. The number of alkyl halides is 3. The Kier molecular flexibility index (Phi) is 4.61. The van der Waals surface area contributed by atoms with Crippen molar-refractivity contribution in [3.63, 3.8) is 0 Å². The van der Waals surface area contributed by atoms with Crippen LogP contribution in [0.15, 0.2) is 24.3 Å². The molecule has 1 amide bonds. The monoisotopic (exact) mass is 331 g/mol. The molecular weight excluding hydrogens is 311 g/mol. The molecule has 1 aliphatic carbocycles. The van der Waals surface area contributed by atoms with Crippen molar-refractivity contribution in [1.29, 1.82) is 0 Å². The normalized spacial score (nSPS) is 21.0. The van der Waals surface area contributed by atoms with Crippen LogP contribution in [0.4, 0.5) is 13.2 Å². The van der Waals surface area contributed by atoms with Crippen molar-refractivity contribution in [2.75, 3.05) is 13.6 Å². The average Bonchev–Trinajstić information content (AvgIpc) is 3.15. The molecule has 1 fully saturated rings. The zero-order valence-electron chi connectivity index (χ0n) is 13.2. The Morgan fingerprint density at radius 3 is 2.35 bits per heavy atom. The van der Waals surface area contributed by atoms with Gasteiger partial charge in [0.2, 0.25) is 5.91 Å². The van der Waals surface area contributed by atoms with Gasteiger partial charge in [-0.2, -0.15) is 0 Å². The molecule has 0 aliphatic heterocycles. The third kappa shape index (κ3) is 5.13. The molecule has 2 atom stereocenters. The van der Waals surface area contributed by atoms with E-state index < -0.39 is 12.0 Å². The lowest BCUT2D eigenvalue weighted by Gasteiger charge is -2.25. The number of likely N-dealkylation sites (N-methyl/N-ethyl adjacent to an activating group) is 1. The molecule has 4 nitrogen and oxygen atoms in total. The molecule has 128 valence electrons. The number of hydrogen-bond donors (Lipinski definition) is 1. The fraction of sp³-hybridized carbons (Fsp3) is 0.562. The number of halogens is 3. The Labute approximate surface area is 132 Å². The van der Waals surface area contributed by atoms with Gasteiger partial charge in [-0.15, -0.1) is 13.2 Å². The summed E-state index contributed by atoms with van der Waals surface area (Å²) in [7, 11) is 1.63. The van der Waals surface area contributed by atoms with Gasteiger partial charge in [0.05, 0.1) is 5.60 Å². The minimum absolute atomic E-state index is 0.00620. The van der Waals surface area contributed by atoms with Gasteiger partial charge in [0.15, 0.2) is 0 Å². The molecule has 23 heavy (non-hydrogen) atoms. The highest BCUT2D eigenvalue weighted by Gasteiger charge is 2.45. The maximum atomic E-state index is 12.3. The predicted molar refractivity (Wildman–Crippen MR) is 77.9 cm³/mol. The van der Waals surface area contributed by atoms with Crippen LogP contribution in [-0.4, -0.2) is 41.5 Å². The smallest absolute Gasteiger partial charge is 0.406 e. The first-order valence-corrected chi connectivity index (χ1v) is 7.29. The van der Waals surface area contributed by atoms with Gasteiger partial charge in [-0.3, -0.25) is 4.79 Å². The van der Waals surface area contributed by atoms with E-state index in [1.165, 1.54) is 17.0 Å². The second kappa shape index (κ2) is 6.03. The second-order valence-corrected chi connectivity index (χ2v) is 6.57. The van der Waals surface area contributed by atoms with E-state index in [0.29, 0.717) is 6.42 Å². The van der Waals surface area contributed by atoms with Crippen molar-refractivity contribution in [2.45, 2.75) is 38.1 Å². The summed E-state index contributed by atoms with van der Waals surface area (Å²) >= 11 is 0. The molecule has 0 spiro atoms. The lowest BCUT2D eigenvalue weighted by atomic mass is 10.1. The van der Waals surface area contributed by atoms with Gasteiger partial charge < -0.3 is 14.7 Å². The lowest BCUT2D eigenvalue weighted by molar-refractivity contribution is -0.274. The molecule has 1 aromatic carbocycles. The summed E-state index contributed by atoms with van der Waals surface area (Å²) in [5, 5.41) is 9.75. The van der Waals surface area contributed by atoms with Gasteiger partial charge >= 0.3 is 6.36 Å². The molecule has 1 saturated carbocycles. The van der Waals surface area contributed by atoms with E-state index in [9.17, 15) is 23.1 Å². The largest absolute Gasteiger partial charge is 0.573 e. The van der Waals surface area contributed by atoms with Crippen molar-refractivity contribution in [3.05, 3.63) is 29.8 Å². The van der Waals surface area contributed by atoms with E-state index in [0.717, 1.165) is 5.56 Å². The Bertz CT molecular complexity index is 563. The van der Waals surface area contributed by atoms with Crippen molar-refractivity contribution in [1.82, 2.24) is 4.90 Å². The Hall–Kier alpha value is -1.76. The van der Waals surface area contributed by atoms with E-state index in [2.05, 4.69) is 4.74 Å². The van der Waals surface area contributed by atoms with Gasteiger partial charge in [0.25, 0.3) is 0 Å². The van der Waals surface area contributed by atoms with E-state index in [4.69, 9.17) is 0 Å². The van der Waals surface area contributed by atoms with E-state index in [1.807, 2.05) is 0 Å². The molecule has 2 rings (SSSR count). The van der Waals surface area contributed by atoms with Gasteiger partial charge in [-0.05, 0) is 43.9 Å². The topological polar surface area (TPSA) is 49.8 Å². The summed E-state index contributed by atoms with van der Waals surface area (Å²) < 4.78 is 40.2. The summed E-state index contributed by atoms with van der Waals surface area (Å²) in [5.74, 6) is -0.514. The summed E-state index contributed by atoms with van der Waals surface area (Å²) in [5.41, 5.74) is -0.153. The van der Waals surface area contributed by atoms with Crippen LogP contribution in [0.25, 0.3) is 0 Å². The SMILES string of the molecule is CN(CC(C)(C)O)C(=O)C1CC1c1ccc(OC(F)(F)F)cc1. The molecule has 0 radical (unpaired) electrons. The average molecular weight is 331 g/mol. The van der Waals surface area contributed by atoms with E-state index >= 15 is 0 Å². The zero-order chi connectivity index (χ0) is 17.4. The molecule has 0 aromatic heterocycles. The minimum Gasteiger partial charge on any atom is -0.406 e. The lowest BCUT2D eigenvalue weighted by Crippen LogP contribution is -2.40. The van der Waals surface area contributed by atoms with E-state index in [1.54, 1.807) is 33.0 Å². The van der Waals surface area contributed by atoms with Crippen molar-refractivity contribution in [3.8, 4) is 5.75 Å². The number of nitrogens with zero attached hydrogens (tertiary/aromatic N) is 1. The first-order valence-electron chi connectivity index (χ1n) is 7.29. The highest BCUT2D eigenvalue weighted by molar-refractivity contribution is 5.82. The number of amides is 1. The van der Waals surface area contributed by atoms with Gasteiger partial charge in [-0.1, -0.05) is 12.1 Å². The van der Waals surface area contributed by atoms with Crippen LogP contribution < -0.4 is 4.74 Å². The first-order chi connectivity index (χ1) is 10.5. The van der Waals surface area contributed by atoms with Crippen LogP contribution in [0.5, 0.6) is 5.75 Å². The third-order valence-electron chi connectivity index (χ3n) is 3.65. The van der Waals surface area contributed by atoms with Crippen molar-refractivity contribution >= 4 is 5.91 Å². The molecule has 2 unspecified atom stereocenters. The molecule has 1 aliphatic rings. The highest BCUT2D eigenvalue weighted by Crippen LogP contribution is 2.48. The quantitative estimate of drug-likeness (QED) is 0.902. The third-order valence-corrected chi connectivity index (χ3v) is 3.65. The number of hydrogen-bond acceptors (Lipinski definition) is 3. The van der Waals surface area contributed by atoms with E-state index in [-0.39, 0.29) is 30.0 Å². The van der Waals surface area contributed by atoms with Crippen molar-refractivity contribution < 1.29 is 27.8 Å². The Balaban J connectivity index is 1.94. The van der Waals surface area contributed by atoms with Crippen molar-refractivity contribution in [2.24, 2.45) is 5.92 Å². The molecular formula is C16H20F3NO3. The highest BCUT2D eigenvalue weighted by atomic mass is 19.4. The molecule has 0 saturated heterocycles. The minimum atomic E-state index is -4.71. The van der Waals surface area contributed by atoms with Crippen LogP contribution >= 0.6 is 0 Å². The van der Waals surface area contributed by atoms with Gasteiger partial charge in [0.1, 0.15) is 5.75 Å². The van der Waals surface area contributed by atoms with Crippen LogP contribution in [0.2, 0.25) is 0 Å². The second-order valence-electron chi connectivity index (χ2n) is 6.57.